The first-order valence-electron chi connectivity index (χ1n) is 8.53. The van der Waals surface area contributed by atoms with Crippen molar-refractivity contribution in [1.29, 1.82) is 0 Å². The Hall–Kier alpha value is -2.59. The molecule has 0 bridgehead atoms. The van der Waals surface area contributed by atoms with Crippen LogP contribution in [0.3, 0.4) is 0 Å². The van der Waals surface area contributed by atoms with Gasteiger partial charge in [-0.2, -0.15) is 5.10 Å². The third-order valence-electron chi connectivity index (χ3n) is 4.17. The third kappa shape index (κ3) is 4.52. The third-order valence-corrected chi connectivity index (χ3v) is 4.62. The quantitative estimate of drug-likeness (QED) is 0.629. The van der Waals surface area contributed by atoms with Crippen LogP contribution in [0, 0.1) is 13.8 Å². The van der Waals surface area contributed by atoms with E-state index in [1.807, 2.05) is 44.2 Å². The second-order valence-electron chi connectivity index (χ2n) is 6.40. The smallest absolute Gasteiger partial charge is 0.277 e. The first-order chi connectivity index (χ1) is 12.5. The number of benzene rings is 2. The minimum Gasteiger partial charge on any atom is -0.484 e. The maximum Gasteiger partial charge on any atom is 0.277 e. The molecule has 0 aromatic heterocycles. The highest BCUT2D eigenvalue weighted by Gasteiger charge is 2.15. The first-order valence-corrected chi connectivity index (χ1v) is 8.90. The van der Waals surface area contributed by atoms with Crippen molar-refractivity contribution in [3.8, 4) is 5.75 Å². The molecule has 0 heterocycles. The van der Waals surface area contributed by atoms with E-state index in [9.17, 15) is 4.79 Å². The molecule has 0 fully saturated rings. The highest BCUT2D eigenvalue weighted by atomic mass is 35.5. The van der Waals surface area contributed by atoms with Crippen LogP contribution in [-0.2, 0) is 11.2 Å². The summed E-state index contributed by atoms with van der Waals surface area (Å²) >= 11 is 6.45. The Bertz CT molecular complexity index is 867. The summed E-state index contributed by atoms with van der Waals surface area (Å²) in [5.41, 5.74) is 7.86. The van der Waals surface area contributed by atoms with Crippen molar-refractivity contribution in [3.63, 3.8) is 0 Å². The van der Waals surface area contributed by atoms with Gasteiger partial charge in [-0.15, -0.1) is 0 Å². The number of allylic oxidation sites excluding steroid dienone is 1. The van der Waals surface area contributed by atoms with E-state index in [1.165, 1.54) is 5.56 Å². The summed E-state index contributed by atoms with van der Waals surface area (Å²) in [5.74, 6) is 0.365. The van der Waals surface area contributed by atoms with E-state index in [0.29, 0.717) is 10.8 Å². The largest absolute Gasteiger partial charge is 0.484 e. The molecule has 1 N–H and O–H groups in total. The molecule has 26 heavy (non-hydrogen) atoms. The summed E-state index contributed by atoms with van der Waals surface area (Å²) in [4.78, 5) is 11.9. The average molecular weight is 369 g/mol. The fourth-order valence-corrected chi connectivity index (χ4v) is 3.33. The minimum atomic E-state index is -0.312. The summed E-state index contributed by atoms with van der Waals surface area (Å²) in [6, 6.07) is 13.9. The summed E-state index contributed by atoms with van der Waals surface area (Å²) in [6.07, 6.45) is 3.33. The zero-order chi connectivity index (χ0) is 18.5. The van der Waals surface area contributed by atoms with Gasteiger partial charge < -0.3 is 4.74 Å². The molecule has 0 spiro atoms. The molecule has 2 aromatic carbocycles. The van der Waals surface area contributed by atoms with Gasteiger partial charge in [0.15, 0.2) is 6.61 Å². The number of nitrogens with one attached hydrogen (secondary N) is 1. The van der Waals surface area contributed by atoms with Crippen molar-refractivity contribution in [2.45, 2.75) is 26.7 Å². The molecule has 5 heteroatoms. The fourth-order valence-electron chi connectivity index (χ4n) is 3.01. The molecule has 0 radical (unpaired) electrons. The van der Waals surface area contributed by atoms with Crippen LogP contribution in [0.25, 0.3) is 5.03 Å². The molecule has 4 nitrogen and oxygen atoms in total. The van der Waals surface area contributed by atoms with Crippen LogP contribution in [0.2, 0.25) is 0 Å². The number of amides is 1. The van der Waals surface area contributed by atoms with Crippen molar-refractivity contribution in [3.05, 3.63) is 70.3 Å². The Balaban J connectivity index is 1.56. The Labute approximate surface area is 158 Å². The van der Waals surface area contributed by atoms with Crippen LogP contribution in [0.5, 0.6) is 5.75 Å². The number of hydrazone groups is 1. The lowest BCUT2D eigenvalue weighted by molar-refractivity contribution is -0.123. The van der Waals surface area contributed by atoms with Crippen LogP contribution in [0.1, 0.15) is 28.7 Å². The summed E-state index contributed by atoms with van der Waals surface area (Å²) in [5, 5.41) is 4.71. The van der Waals surface area contributed by atoms with Gasteiger partial charge in [0.2, 0.25) is 0 Å². The van der Waals surface area contributed by atoms with E-state index in [-0.39, 0.29) is 12.5 Å². The fraction of sp³-hybridized carbons (Fsp3) is 0.238. The second-order valence-corrected chi connectivity index (χ2v) is 6.78. The van der Waals surface area contributed by atoms with Crippen molar-refractivity contribution in [2.24, 2.45) is 5.10 Å². The van der Waals surface area contributed by atoms with Crippen LogP contribution in [0.4, 0.5) is 0 Å². The van der Waals surface area contributed by atoms with E-state index in [0.717, 1.165) is 35.1 Å². The number of nitrogens with zero attached hydrogens (tertiary/aromatic N) is 1. The zero-order valence-corrected chi connectivity index (χ0v) is 15.6. The summed E-state index contributed by atoms with van der Waals surface area (Å²) in [7, 11) is 0. The Morgan fingerprint density at radius 2 is 1.92 bits per heavy atom. The van der Waals surface area contributed by atoms with Gasteiger partial charge in [-0.25, -0.2) is 5.43 Å². The number of carbonyl (C=O) groups is 1. The molecule has 2 aromatic rings. The van der Waals surface area contributed by atoms with E-state index in [4.69, 9.17) is 16.3 Å². The van der Waals surface area contributed by atoms with E-state index < -0.39 is 0 Å². The van der Waals surface area contributed by atoms with E-state index >= 15 is 0 Å². The lowest BCUT2D eigenvalue weighted by atomic mass is 9.92. The maximum absolute atomic E-state index is 11.9. The molecule has 0 saturated heterocycles. The zero-order valence-electron chi connectivity index (χ0n) is 14.9. The number of hydrogen-bond acceptors (Lipinski definition) is 3. The van der Waals surface area contributed by atoms with Gasteiger partial charge in [-0.1, -0.05) is 41.9 Å². The molecule has 134 valence electrons. The SMILES string of the molecule is Cc1cc(C)cc(OCC(=O)N/N=C\C2=C(Cl)c3ccccc3CC2)c1. The molecule has 0 saturated carbocycles. The Morgan fingerprint density at radius 3 is 2.69 bits per heavy atom. The first kappa shape index (κ1) is 18.2. The van der Waals surface area contributed by atoms with E-state index in [1.54, 1.807) is 6.21 Å². The van der Waals surface area contributed by atoms with Gasteiger partial charge in [-0.05, 0) is 66.6 Å². The van der Waals surface area contributed by atoms with Crippen molar-refractivity contribution >= 4 is 28.8 Å². The standard InChI is InChI=1S/C21H21ClN2O2/c1-14-9-15(2)11-18(10-14)26-13-20(25)24-23-12-17-8-7-16-5-3-4-6-19(16)21(17)22/h3-6,9-12H,7-8,13H2,1-2H3,(H,24,25)/b23-12-. The predicted octanol–water partition coefficient (Wildman–Crippen LogP) is 4.38. The van der Waals surface area contributed by atoms with Crippen molar-refractivity contribution in [2.75, 3.05) is 6.61 Å². The predicted molar refractivity (Wildman–Crippen MR) is 106 cm³/mol. The molecule has 1 aliphatic rings. The molecule has 0 aliphatic heterocycles. The number of ether oxygens (including phenoxy) is 1. The Kier molecular flexibility index (Phi) is 5.74. The number of rotatable bonds is 5. The molecule has 1 amide bonds. The average Bonchev–Trinajstić information content (AvgIpc) is 2.61. The number of hydrogen-bond donors (Lipinski definition) is 1. The van der Waals surface area contributed by atoms with Gasteiger partial charge in [0.25, 0.3) is 5.91 Å². The van der Waals surface area contributed by atoms with Gasteiger partial charge >= 0.3 is 0 Å². The Morgan fingerprint density at radius 1 is 1.19 bits per heavy atom. The molecular formula is C21H21ClN2O2. The van der Waals surface area contributed by atoms with E-state index in [2.05, 4.69) is 22.7 Å². The lowest BCUT2D eigenvalue weighted by Gasteiger charge is -2.17. The van der Waals surface area contributed by atoms with Gasteiger partial charge in [0.1, 0.15) is 5.75 Å². The molecule has 1 aliphatic carbocycles. The molecule has 3 rings (SSSR count). The van der Waals surface area contributed by atoms with Gasteiger partial charge in [0.05, 0.1) is 11.2 Å². The minimum absolute atomic E-state index is 0.0875. The highest BCUT2D eigenvalue weighted by molar-refractivity contribution is 6.50. The number of aryl methyl sites for hydroxylation is 3. The number of carbonyl (C=O) groups excluding carboxylic acids is 1. The maximum atomic E-state index is 11.9. The molecular weight excluding hydrogens is 348 g/mol. The number of halogens is 1. The van der Waals surface area contributed by atoms with Crippen molar-refractivity contribution in [1.82, 2.24) is 5.43 Å². The molecule has 0 atom stereocenters. The van der Waals surface area contributed by atoms with Crippen LogP contribution >= 0.6 is 11.6 Å². The lowest BCUT2D eigenvalue weighted by Crippen LogP contribution is -2.24. The van der Waals surface area contributed by atoms with Crippen LogP contribution < -0.4 is 10.2 Å². The van der Waals surface area contributed by atoms with Crippen molar-refractivity contribution < 1.29 is 9.53 Å². The van der Waals surface area contributed by atoms with Crippen LogP contribution in [0.15, 0.2) is 53.1 Å². The highest BCUT2D eigenvalue weighted by Crippen LogP contribution is 2.32. The summed E-state index contributed by atoms with van der Waals surface area (Å²) in [6.45, 7) is 3.89. The van der Waals surface area contributed by atoms with Gasteiger partial charge in [-0.3, -0.25) is 4.79 Å². The van der Waals surface area contributed by atoms with Gasteiger partial charge in [0, 0.05) is 0 Å². The normalized spacial score (nSPS) is 13.7. The molecule has 0 unspecified atom stereocenters. The topological polar surface area (TPSA) is 50.7 Å². The number of fused-ring (bicyclic) bond motifs is 1. The monoisotopic (exact) mass is 368 g/mol. The second kappa shape index (κ2) is 8.19. The summed E-state index contributed by atoms with van der Waals surface area (Å²) < 4.78 is 5.52. The van der Waals surface area contributed by atoms with Crippen LogP contribution in [-0.4, -0.2) is 18.7 Å².